The van der Waals surface area contributed by atoms with Crippen LogP contribution in [0.1, 0.15) is 24.0 Å². The molecule has 1 aromatic heterocycles. The summed E-state index contributed by atoms with van der Waals surface area (Å²) in [4.78, 5) is 0.639. The van der Waals surface area contributed by atoms with E-state index in [9.17, 15) is 13.2 Å². The summed E-state index contributed by atoms with van der Waals surface area (Å²) in [5.74, 6) is 1.20. The molecule has 0 spiro atoms. The highest BCUT2D eigenvalue weighted by molar-refractivity contribution is 7.99. The fourth-order valence-corrected chi connectivity index (χ4v) is 2.92. The van der Waals surface area contributed by atoms with Crippen molar-refractivity contribution in [1.29, 1.82) is 0 Å². The van der Waals surface area contributed by atoms with E-state index < -0.39 is 11.7 Å². The lowest BCUT2D eigenvalue weighted by molar-refractivity contribution is -0.137. The highest BCUT2D eigenvalue weighted by atomic mass is 32.2. The Kier molecular flexibility index (Phi) is 5.65. The van der Waals surface area contributed by atoms with Gasteiger partial charge < -0.3 is 5.73 Å². The predicted octanol–water partition coefficient (Wildman–Crippen LogP) is 4.19. The summed E-state index contributed by atoms with van der Waals surface area (Å²) in [6.07, 6.45) is -0.0967. The first-order chi connectivity index (χ1) is 10.5. The third-order valence-corrected chi connectivity index (χ3v) is 4.19. The number of nitrogens with zero attached hydrogens (tertiary/aromatic N) is 2. The van der Waals surface area contributed by atoms with Gasteiger partial charge in [-0.1, -0.05) is 6.07 Å². The van der Waals surface area contributed by atoms with E-state index in [4.69, 9.17) is 5.73 Å². The molecule has 1 heterocycles. The van der Waals surface area contributed by atoms with Crippen LogP contribution in [0.15, 0.2) is 41.4 Å². The molecule has 0 aliphatic heterocycles. The van der Waals surface area contributed by atoms with Crippen LogP contribution in [-0.2, 0) is 12.6 Å². The van der Waals surface area contributed by atoms with Gasteiger partial charge in [0.25, 0.3) is 0 Å². The van der Waals surface area contributed by atoms with Crippen molar-refractivity contribution in [3.8, 4) is 0 Å². The number of hydrogen-bond acceptors (Lipinski definition) is 4. The Morgan fingerprint density at radius 1 is 1.14 bits per heavy atom. The molecule has 3 nitrogen and oxygen atoms in total. The number of aryl methyl sites for hydroxylation is 1. The lowest BCUT2D eigenvalue weighted by atomic mass is 10.1. The van der Waals surface area contributed by atoms with Crippen molar-refractivity contribution < 1.29 is 13.2 Å². The average Bonchev–Trinajstić information content (AvgIpc) is 2.48. The van der Waals surface area contributed by atoms with Crippen LogP contribution >= 0.6 is 11.8 Å². The standard InChI is InChI=1S/C15H16F3N3S/c16-15(17,18)12-5-3-6-13(10-12)22-9-2-1-4-11-7-8-20-21-14(11)19/h3,5-8,10H,1-2,4,9H2,(H2,19,21). The van der Waals surface area contributed by atoms with Gasteiger partial charge in [-0.3, -0.25) is 0 Å². The Morgan fingerprint density at radius 3 is 2.68 bits per heavy atom. The van der Waals surface area contributed by atoms with E-state index in [1.54, 1.807) is 12.3 Å². The van der Waals surface area contributed by atoms with Crippen LogP contribution in [0.25, 0.3) is 0 Å². The van der Waals surface area contributed by atoms with Gasteiger partial charge in [0.1, 0.15) is 5.82 Å². The number of unbranched alkanes of at least 4 members (excludes halogenated alkanes) is 1. The number of anilines is 1. The van der Waals surface area contributed by atoms with E-state index in [0.29, 0.717) is 10.7 Å². The zero-order chi connectivity index (χ0) is 16.0. The minimum Gasteiger partial charge on any atom is -0.382 e. The largest absolute Gasteiger partial charge is 0.416 e. The molecule has 2 rings (SSSR count). The Labute approximate surface area is 131 Å². The summed E-state index contributed by atoms with van der Waals surface area (Å²) in [7, 11) is 0. The highest BCUT2D eigenvalue weighted by Gasteiger charge is 2.30. The fraction of sp³-hybridized carbons (Fsp3) is 0.333. The van der Waals surface area contributed by atoms with E-state index in [2.05, 4.69) is 10.2 Å². The van der Waals surface area contributed by atoms with Crippen LogP contribution in [0, 0.1) is 0 Å². The van der Waals surface area contributed by atoms with Gasteiger partial charge in [0, 0.05) is 4.90 Å². The molecule has 1 aromatic carbocycles. The molecule has 0 aliphatic carbocycles. The molecule has 0 aliphatic rings. The monoisotopic (exact) mass is 327 g/mol. The normalized spacial score (nSPS) is 11.6. The first-order valence-corrected chi connectivity index (χ1v) is 7.81. The van der Waals surface area contributed by atoms with Gasteiger partial charge in [0.15, 0.2) is 0 Å². The van der Waals surface area contributed by atoms with Gasteiger partial charge in [-0.15, -0.1) is 16.9 Å². The second-order valence-corrected chi connectivity index (χ2v) is 5.94. The lowest BCUT2D eigenvalue weighted by Crippen LogP contribution is -2.04. The lowest BCUT2D eigenvalue weighted by Gasteiger charge is -2.08. The number of nitrogens with two attached hydrogens (primary N) is 1. The van der Waals surface area contributed by atoms with Gasteiger partial charge in [-0.05, 0) is 54.8 Å². The van der Waals surface area contributed by atoms with Gasteiger partial charge in [0.2, 0.25) is 0 Å². The van der Waals surface area contributed by atoms with Crippen LogP contribution < -0.4 is 5.73 Å². The van der Waals surface area contributed by atoms with Crippen molar-refractivity contribution in [2.75, 3.05) is 11.5 Å². The number of benzene rings is 1. The van der Waals surface area contributed by atoms with Crippen LogP contribution in [0.2, 0.25) is 0 Å². The Morgan fingerprint density at radius 2 is 1.95 bits per heavy atom. The molecular weight excluding hydrogens is 311 g/mol. The van der Waals surface area contributed by atoms with E-state index in [1.165, 1.54) is 23.9 Å². The molecule has 2 N–H and O–H groups in total. The van der Waals surface area contributed by atoms with Gasteiger partial charge >= 0.3 is 6.18 Å². The van der Waals surface area contributed by atoms with Gasteiger partial charge in [-0.25, -0.2) is 0 Å². The van der Waals surface area contributed by atoms with E-state index in [-0.39, 0.29) is 0 Å². The molecule has 0 radical (unpaired) electrons. The summed E-state index contributed by atoms with van der Waals surface area (Å²) in [5, 5.41) is 7.46. The van der Waals surface area contributed by atoms with Gasteiger partial charge in [0.05, 0.1) is 11.8 Å². The maximum Gasteiger partial charge on any atom is 0.416 e. The Bertz CT molecular complexity index is 617. The number of thioether (sulfide) groups is 1. The summed E-state index contributed by atoms with van der Waals surface area (Å²) in [6.45, 7) is 0. The summed E-state index contributed by atoms with van der Waals surface area (Å²) < 4.78 is 37.8. The van der Waals surface area contributed by atoms with Crippen LogP contribution in [-0.4, -0.2) is 16.0 Å². The first kappa shape index (κ1) is 16.6. The molecule has 0 atom stereocenters. The maximum atomic E-state index is 12.6. The second-order valence-electron chi connectivity index (χ2n) is 4.77. The van der Waals surface area contributed by atoms with Crippen LogP contribution in [0.5, 0.6) is 0 Å². The summed E-state index contributed by atoms with van der Waals surface area (Å²) >= 11 is 1.43. The number of halogens is 3. The van der Waals surface area contributed by atoms with Crippen molar-refractivity contribution in [3.05, 3.63) is 47.7 Å². The average molecular weight is 327 g/mol. The highest BCUT2D eigenvalue weighted by Crippen LogP contribution is 2.32. The molecule has 0 amide bonds. The van der Waals surface area contributed by atoms with Crippen molar-refractivity contribution in [2.45, 2.75) is 30.3 Å². The van der Waals surface area contributed by atoms with E-state index in [0.717, 1.165) is 36.6 Å². The molecule has 7 heteroatoms. The minimum atomic E-state index is -4.29. The molecule has 118 valence electrons. The number of hydrogen-bond donors (Lipinski definition) is 1. The predicted molar refractivity (Wildman–Crippen MR) is 81.6 cm³/mol. The number of rotatable bonds is 6. The Hall–Kier alpha value is -1.76. The molecule has 22 heavy (non-hydrogen) atoms. The zero-order valence-corrected chi connectivity index (χ0v) is 12.6. The Balaban J connectivity index is 1.76. The third kappa shape index (κ3) is 4.91. The smallest absolute Gasteiger partial charge is 0.382 e. The minimum absolute atomic E-state index is 0.438. The third-order valence-electron chi connectivity index (χ3n) is 3.11. The SMILES string of the molecule is Nc1nnccc1CCCCSc1cccc(C(F)(F)F)c1. The topological polar surface area (TPSA) is 51.8 Å². The van der Waals surface area contributed by atoms with Crippen molar-refractivity contribution in [2.24, 2.45) is 0 Å². The molecular formula is C15H16F3N3S. The first-order valence-electron chi connectivity index (χ1n) is 6.83. The molecule has 0 bridgehead atoms. The second kappa shape index (κ2) is 7.49. The number of alkyl halides is 3. The van der Waals surface area contributed by atoms with Crippen molar-refractivity contribution in [1.82, 2.24) is 10.2 Å². The van der Waals surface area contributed by atoms with Crippen molar-refractivity contribution >= 4 is 17.6 Å². The van der Waals surface area contributed by atoms with Crippen molar-refractivity contribution in [3.63, 3.8) is 0 Å². The summed E-state index contributed by atoms with van der Waals surface area (Å²) in [6, 6.07) is 7.25. The molecule has 0 saturated heterocycles. The molecule has 0 unspecified atom stereocenters. The maximum absolute atomic E-state index is 12.6. The zero-order valence-electron chi connectivity index (χ0n) is 11.8. The van der Waals surface area contributed by atoms with Crippen LogP contribution in [0.4, 0.5) is 19.0 Å². The van der Waals surface area contributed by atoms with Crippen LogP contribution in [0.3, 0.4) is 0 Å². The molecule has 0 fully saturated rings. The summed E-state index contributed by atoms with van der Waals surface area (Å²) in [5.41, 5.74) is 6.05. The quantitative estimate of drug-likeness (QED) is 0.638. The number of aromatic nitrogens is 2. The number of nitrogen functional groups attached to an aromatic ring is 1. The molecule has 2 aromatic rings. The van der Waals surface area contributed by atoms with Gasteiger partial charge in [-0.2, -0.15) is 18.3 Å². The van der Waals surface area contributed by atoms with E-state index >= 15 is 0 Å². The van der Waals surface area contributed by atoms with E-state index in [1.807, 2.05) is 6.07 Å². The fourth-order valence-electron chi connectivity index (χ4n) is 1.95. The molecule has 0 saturated carbocycles.